The number of hydrogen-bond donors (Lipinski definition) is 2. The van der Waals surface area contributed by atoms with Crippen molar-refractivity contribution in [2.45, 2.75) is 26.7 Å². The monoisotopic (exact) mass is 253 g/mol. The van der Waals surface area contributed by atoms with E-state index in [1.807, 2.05) is 0 Å². The van der Waals surface area contributed by atoms with Gasteiger partial charge >= 0.3 is 0 Å². The number of halogens is 2. The predicted molar refractivity (Wildman–Crippen MR) is 67.6 cm³/mol. The van der Waals surface area contributed by atoms with Crippen molar-refractivity contribution in [3.05, 3.63) is 29.6 Å². The highest BCUT2D eigenvalue weighted by Crippen LogP contribution is 2.44. The Morgan fingerprint density at radius 3 is 2.61 bits per heavy atom. The number of aromatic nitrogens is 2. The van der Waals surface area contributed by atoms with Crippen molar-refractivity contribution < 1.29 is 8.78 Å². The average Bonchev–Trinajstić information content (AvgIpc) is 2.67. The summed E-state index contributed by atoms with van der Waals surface area (Å²) in [6, 6.07) is 4.47. The van der Waals surface area contributed by atoms with Crippen molar-refractivity contribution in [2.75, 3.05) is 6.54 Å². The zero-order valence-corrected chi connectivity index (χ0v) is 10.7. The van der Waals surface area contributed by atoms with Crippen molar-refractivity contribution in [1.82, 2.24) is 9.97 Å². The van der Waals surface area contributed by atoms with Gasteiger partial charge in [0.25, 0.3) is 5.92 Å². The molecule has 2 aromatic rings. The molecule has 0 amide bonds. The summed E-state index contributed by atoms with van der Waals surface area (Å²) < 4.78 is 28.7. The summed E-state index contributed by atoms with van der Waals surface area (Å²) in [4.78, 5) is 7.16. The molecule has 3 N–H and O–H groups in total. The summed E-state index contributed by atoms with van der Waals surface area (Å²) in [5.41, 5.74) is 5.45. The standard InChI is InChI=1S/C13H17F2N3/c1-8-17-10-5-4-9(6-11(10)18-8)13(14,15)12(2,3)7-16/h4-6H,7,16H2,1-3H3,(H,17,18). The first-order valence-electron chi connectivity index (χ1n) is 5.83. The molecule has 0 saturated carbocycles. The van der Waals surface area contributed by atoms with Crippen molar-refractivity contribution in [3.63, 3.8) is 0 Å². The van der Waals surface area contributed by atoms with E-state index < -0.39 is 11.3 Å². The molecule has 18 heavy (non-hydrogen) atoms. The molecule has 2 rings (SSSR count). The second kappa shape index (κ2) is 4.02. The molecule has 5 heteroatoms. The van der Waals surface area contributed by atoms with E-state index in [0.29, 0.717) is 16.9 Å². The lowest BCUT2D eigenvalue weighted by Gasteiger charge is -2.33. The molecule has 0 aliphatic rings. The molecule has 0 atom stereocenters. The van der Waals surface area contributed by atoms with Gasteiger partial charge in [-0.25, -0.2) is 13.8 Å². The number of nitrogens with zero attached hydrogens (tertiary/aromatic N) is 1. The largest absolute Gasteiger partial charge is 0.342 e. The van der Waals surface area contributed by atoms with Crippen LogP contribution in [0.15, 0.2) is 18.2 Å². The van der Waals surface area contributed by atoms with E-state index in [0.717, 1.165) is 0 Å². The maximum absolute atomic E-state index is 14.4. The van der Waals surface area contributed by atoms with Crippen LogP contribution in [0.25, 0.3) is 11.0 Å². The highest BCUT2D eigenvalue weighted by atomic mass is 19.3. The fourth-order valence-corrected chi connectivity index (χ4v) is 1.85. The van der Waals surface area contributed by atoms with Gasteiger partial charge in [-0.2, -0.15) is 0 Å². The van der Waals surface area contributed by atoms with Crippen LogP contribution >= 0.6 is 0 Å². The fraction of sp³-hybridized carbons (Fsp3) is 0.462. The van der Waals surface area contributed by atoms with E-state index >= 15 is 0 Å². The number of aromatic amines is 1. The molecule has 1 heterocycles. The van der Waals surface area contributed by atoms with Crippen molar-refractivity contribution in [1.29, 1.82) is 0 Å². The summed E-state index contributed by atoms with van der Waals surface area (Å²) in [5, 5.41) is 0. The minimum absolute atomic E-state index is 0.0332. The minimum Gasteiger partial charge on any atom is -0.342 e. The van der Waals surface area contributed by atoms with E-state index in [4.69, 9.17) is 5.73 Å². The highest BCUT2D eigenvalue weighted by Gasteiger charge is 2.47. The topological polar surface area (TPSA) is 54.7 Å². The lowest BCUT2D eigenvalue weighted by atomic mass is 9.81. The number of hydrogen-bond acceptors (Lipinski definition) is 2. The maximum Gasteiger partial charge on any atom is 0.279 e. The molecule has 1 aromatic carbocycles. The molecule has 98 valence electrons. The first-order valence-corrected chi connectivity index (χ1v) is 5.83. The third-order valence-corrected chi connectivity index (χ3v) is 3.32. The smallest absolute Gasteiger partial charge is 0.279 e. The SMILES string of the molecule is Cc1nc2ccc(C(F)(F)C(C)(C)CN)cc2[nH]1. The Morgan fingerprint density at radius 1 is 1.33 bits per heavy atom. The van der Waals surface area contributed by atoms with Gasteiger partial charge in [-0.1, -0.05) is 19.9 Å². The molecular formula is C13H17F2N3. The molecule has 0 bridgehead atoms. The van der Waals surface area contributed by atoms with Gasteiger partial charge in [-0.3, -0.25) is 0 Å². The summed E-state index contributed by atoms with van der Waals surface area (Å²) in [6.07, 6.45) is 0. The number of nitrogens with one attached hydrogen (secondary N) is 1. The summed E-state index contributed by atoms with van der Waals surface area (Å²) >= 11 is 0. The van der Waals surface area contributed by atoms with Gasteiger partial charge in [-0.15, -0.1) is 0 Å². The second-order valence-electron chi connectivity index (χ2n) is 5.22. The summed E-state index contributed by atoms with van der Waals surface area (Å²) in [5.74, 6) is -2.27. The Balaban J connectivity index is 2.53. The van der Waals surface area contributed by atoms with E-state index in [9.17, 15) is 8.78 Å². The molecule has 0 fully saturated rings. The second-order valence-corrected chi connectivity index (χ2v) is 5.22. The fourth-order valence-electron chi connectivity index (χ4n) is 1.85. The van der Waals surface area contributed by atoms with Crippen LogP contribution in [0.1, 0.15) is 25.2 Å². The Kier molecular flexibility index (Phi) is 2.89. The van der Waals surface area contributed by atoms with Crippen LogP contribution in [-0.2, 0) is 5.92 Å². The Bertz CT molecular complexity index is 573. The Morgan fingerprint density at radius 2 is 2.00 bits per heavy atom. The molecule has 0 aliphatic carbocycles. The lowest BCUT2D eigenvalue weighted by Crippen LogP contribution is -2.40. The third-order valence-electron chi connectivity index (χ3n) is 3.32. The molecule has 0 aliphatic heterocycles. The molecule has 1 aromatic heterocycles. The number of alkyl halides is 2. The summed E-state index contributed by atoms with van der Waals surface area (Å²) in [7, 11) is 0. The zero-order valence-electron chi connectivity index (χ0n) is 10.7. The molecule has 0 unspecified atom stereocenters. The maximum atomic E-state index is 14.4. The predicted octanol–water partition coefficient (Wildman–Crippen LogP) is 2.95. The average molecular weight is 253 g/mol. The normalized spacial score (nSPS) is 13.2. The van der Waals surface area contributed by atoms with Crippen LogP contribution in [-0.4, -0.2) is 16.5 Å². The van der Waals surface area contributed by atoms with Crippen LogP contribution in [0.2, 0.25) is 0 Å². The Hall–Kier alpha value is -1.49. The van der Waals surface area contributed by atoms with Crippen LogP contribution in [0, 0.1) is 12.3 Å². The van der Waals surface area contributed by atoms with Gasteiger partial charge in [0, 0.05) is 17.5 Å². The van der Waals surface area contributed by atoms with Crippen LogP contribution < -0.4 is 5.73 Å². The van der Waals surface area contributed by atoms with Gasteiger partial charge < -0.3 is 10.7 Å². The number of rotatable bonds is 3. The van der Waals surface area contributed by atoms with Gasteiger partial charge in [-0.05, 0) is 19.1 Å². The van der Waals surface area contributed by atoms with Crippen LogP contribution in [0.3, 0.4) is 0 Å². The van der Waals surface area contributed by atoms with Crippen LogP contribution in [0.5, 0.6) is 0 Å². The number of fused-ring (bicyclic) bond motifs is 1. The van der Waals surface area contributed by atoms with Gasteiger partial charge in [0.2, 0.25) is 0 Å². The molecule has 0 spiro atoms. The lowest BCUT2D eigenvalue weighted by molar-refractivity contribution is -0.108. The van der Waals surface area contributed by atoms with Gasteiger partial charge in [0.1, 0.15) is 5.82 Å². The molecule has 0 saturated heterocycles. The quantitative estimate of drug-likeness (QED) is 0.883. The van der Waals surface area contributed by atoms with Crippen molar-refractivity contribution >= 4 is 11.0 Å². The number of nitrogens with two attached hydrogens (primary N) is 1. The zero-order chi connectivity index (χ0) is 13.6. The highest BCUT2D eigenvalue weighted by molar-refractivity contribution is 5.76. The van der Waals surface area contributed by atoms with E-state index in [1.165, 1.54) is 26.0 Å². The molecule has 0 radical (unpaired) electrons. The minimum atomic E-state index is -2.98. The van der Waals surface area contributed by atoms with Crippen LogP contribution in [0.4, 0.5) is 8.78 Å². The number of H-pyrrole nitrogens is 1. The van der Waals surface area contributed by atoms with E-state index in [1.54, 1.807) is 13.0 Å². The Labute approximate surface area is 104 Å². The first-order chi connectivity index (χ1) is 8.28. The van der Waals surface area contributed by atoms with Crippen molar-refractivity contribution in [3.8, 4) is 0 Å². The molecule has 3 nitrogen and oxygen atoms in total. The van der Waals surface area contributed by atoms with Crippen molar-refractivity contribution in [2.24, 2.45) is 11.1 Å². The summed E-state index contributed by atoms with van der Waals surface area (Å²) in [6.45, 7) is 4.65. The van der Waals surface area contributed by atoms with E-state index in [-0.39, 0.29) is 12.1 Å². The molecular weight excluding hydrogens is 236 g/mol. The van der Waals surface area contributed by atoms with E-state index in [2.05, 4.69) is 9.97 Å². The third kappa shape index (κ3) is 1.88. The number of imidazole rings is 1. The number of benzene rings is 1. The van der Waals surface area contributed by atoms with Gasteiger partial charge in [0.15, 0.2) is 0 Å². The first kappa shape index (κ1) is 13.0. The van der Waals surface area contributed by atoms with Gasteiger partial charge in [0.05, 0.1) is 11.0 Å². The number of aryl methyl sites for hydroxylation is 1.